The van der Waals surface area contributed by atoms with Crippen LogP contribution < -0.4 is 20.5 Å². The van der Waals surface area contributed by atoms with E-state index in [-0.39, 0.29) is 10.7 Å². The van der Waals surface area contributed by atoms with Crippen molar-refractivity contribution in [1.82, 2.24) is 9.97 Å². The monoisotopic (exact) mass is 524 g/mol. The number of aryl methyl sites for hydroxylation is 1. The van der Waals surface area contributed by atoms with Crippen molar-refractivity contribution < 1.29 is 28.1 Å². The number of nitrogens with zero attached hydrogens (tertiary/aromatic N) is 2. The number of nitrogen functional groups attached to an aromatic ring is 1. The highest BCUT2D eigenvalue weighted by atomic mass is 35.5. The molecule has 3 aromatic rings. The first-order valence-corrected chi connectivity index (χ1v) is 11.6. The number of nitrogens with one attached hydrogen (secondary N) is 1. The first-order chi connectivity index (χ1) is 16.8. The molecule has 3 rings (SSSR count). The second kappa shape index (κ2) is 10.6. The third-order valence-corrected chi connectivity index (χ3v) is 6.11. The molecule has 0 fully saturated rings. The fourth-order valence-corrected chi connectivity index (χ4v) is 4.09. The Morgan fingerprint density at radius 3 is 2.42 bits per heavy atom. The lowest BCUT2D eigenvalue weighted by molar-refractivity contribution is -0.168. The van der Waals surface area contributed by atoms with Crippen LogP contribution in [0.4, 0.5) is 20.3 Å². The van der Waals surface area contributed by atoms with E-state index in [2.05, 4.69) is 15.3 Å². The lowest BCUT2D eigenvalue weighted by Crippen LogP contribution is -2.40. The van der Waals surface area contributed by atoms with Gasteiger partial charge in [0.1, 0.15) is 23.9 Å². The van der Waals surface area contributed by atoms with Crippen LogP contribution >= 0.6 is 11.6 Å². The van der Waals surface area contributed by atoms with Crippen LogP contribution in [0.25, 0.3) is 10.9 Å². The molecule has 1 aromatic heterocycles. The van der Waals surface area contributed by atoms with Crippen LogP contribution in [0.2, 0.25) is 5.02 Å². The number of hydrogen-bond acceptors (Lipinski definition) is 8. The van der Waals surface area contributed by atoms with E-state index in [0.717, 1.165) is 19.9 Å². The van der Waals surface area contributed by atoms with Gasteiger partial charge >= 0.3 is 5.92 Å². The molecule has 0 spiro atoms. The number of fused-ring (bicyclic) bond motifs is 1. The van der Waals surface area contributed by atoms with E-state index in [0.29, 0.717) is 52.8 Å². The van der Waals surface area contributed by atoms with Crippen LogP contribution in [0, 0.1) is 6.92 Å². The molecule has 36 heavy (non-hydrogen) atoms. The maximum atomic E-state index is 15.0. The molecule has 1 heterocycles. The molecule has 196 valence electrons. The van der Waals surface area contributed by atoms with Crippen molar-refractivity contribution in [3.8, 4) is 11.5 Å². The predicted molar refractivity (Wildman–Crippen MR) is 136 cm³/mol. The zero-order valence-electron chi connectivity index (χ0n) is 21.1. The lowest BCUT2D eigenvalue weighted by atomic mass is 9.90. The molecule has 0 saturated carbocycles. The van der Waals surface area contributed by atoms with Gasteiger partial charge in [0.2, 0.25) is 0 Å². The van der Waals surface area contributed by atoms with E-state index < -0.39 is 23.1 Å². The number of anilines is 2. The van der Waals surface area contributed by atoms with Crippen molar-refractivity contribution in [1.29, 1.82) is 0 Å². The van der Waals surface area contributed by atoms with Crippen LogP contribution in [-0.4, -0.2) is 48.1 Å². The number of nitrogens with two attached hydrogens (primary N) is 1. The van der Waals surface area contributed by atoms with Crippen LogP contribution in [0.15, 0.2) is 24.3 Å². The van der Waals surface area contributed by atoms with Crippen molar-refractivity contribution in [2.75, 3.05) is 38.5 Å². The zero-order chi connectivity index (χ0) is 26.8. The van der Waals surface area contributed by atoms with Crippen LogP contribution in [0.3, 0.4) is 0 Å². The topological polar surface area (TPSA) is 112 Å². The summed E-state index contributed by atoms with van der Waals surface area (Å²) in [7, 11) is 3.10. The Balaban J connectivity index is 2.07. The van der Waals surface area contributed by atoms with E-state index in [4.69, 9.17) is 31.5 Å². The normalized spacial score (nSPS) is 13.1. The molecule has 4 N–H and O–H groups in total. The van der Waals surface area contributed by atoms with Gasteiger partial charge in [-0.3, -0.25) is 0 Å². The highest BCUT2D eigenvalue weighted by Crippen LogP contribution is 2.45. The molecular weight excluding hydrogens is 494 g/mol. The first-order valence-electron chi connectivity index (χ1n) is 11.2. The second-order valence-electron chi connectivity index (χ2n) is 8.95. The summed E-state index contributed by atoms with van der Waals surface area (Å²) in [5.74, 6) is -1.75. The summed E-state index contributed by atoms with van der Waals surface area (Å²) in [6.45, 7) is 6.21. The summed E-state index contributed by atoms with van der Waals surface area (Å²) in [6, 6.07) is 5.49. The second-order valence-corrected chi connectivity index (χ2v) is 9.33. The molecule has 11 heteroatoms. The Bertz CT molecular complexity index is 1250. The fourth-order valence-electron chi connectivity index (χ4n) is 3.70. The third-order valence-electron chi connectivity index (χ3n) is 5.69. The van der Waals surface area contributed by atoms with E-state index in [9.17, 15) is 5.11 Å². The average molecular weight is 525 g/mol. The first kappa shape index (κ1) is 27.6. The molecule has 0 saturated heterocycles. The Hall–Kier alpha value is -2.95. The van der Waals surface area contributed by atoms with Crippen molar-refractivity contribution in [2.45, 2.75) is 45.3 Å². The summed E-state index contributed by atoms with van der Waals surface area (Å²) in [5, 5.41) is 13.7. The molecule has 0 aliphatic heterocycles. The number of benzene rings is 2. The molecule has 0 amide bonds. The molecule has 1 atom stereocenters. The highest BCUT2D eigenvalue weighted by Gasteiger charge is 2.49. The number of hydrogen-bond donors (Lipinski definition) is 3. The Labute approximate surface area is 213 Å². The molecule has 0 aliphatic carbocycles. The number of rotatable bonds is 10. The zero-order valence-corrected chi connectivity index (χ0v) is 21.8. The smallest absolute Gasteiger partial charge is 0.302 e. The molecule has 0 aliphatic rings. The molecule has 0 bridgehead atoms. The quantitative estimate of drug-likeness (QED) is 0.244. The van der Waals surface area contributed by atoms with Gasteiger partial charge in [-0.05, 0) is 51.5 Å². The number of ether oxygens (including phenoxy) is 3. The van der Waals surface area contributed by atoms with E-state index in [1.54, 1.807) is 33.1 Å². The van der Waals surface area contributed by atoms with E-state index >= 15 is 8.78 Å². The van der Waals surface area contributed by atoms with Crippen molar-refractivity contribution in [2.24, 2.45) is 0 Å². The van der Waals surface area contributed by atoms with Gasteiger partial charge in [0.15, 0.2) is 11.5 Å². The molecule has 0 radical (unpaired) electrons. The maximum absolute atomic E-state index is 15.0. The standard InChI is InChI=1S/C25H31ClF2N4O4/c1-13(16-9-15(29)10-18(22(16)26)25(27,28)24(3,4)33)30-23-17-11-21(36-8-7-34-5)20(35-6)12-19(17)31-14(2)32-23/h9-13,33H,7-8,29H2,1-6H3,(H,30,31,32)/t13-/m1/s1. The molecule has 2 aromatic carbocycles. The van der Waals surface area contributed by atoms with Crippen LogP contribution in [-0.2, 0) is 10.7 Å². The lowest BCUT2D eigenvalue weighted by Gasteiger charge is -2.31. The van der Waals surface area contributed by atoms with Crippen molar-refractivity contribution >= 4 is 34.0 Å². The minimum atomic E-state index is -3.64. The number of aliphatic hydroxyl groups is 1. The van der Waals surface area contributed by atoms with E-state index in [1.165, 1.54) is 13.2 Å². The summed E-state index contributed by atoms with van der Waals surface area (Å²) in [4.78, 5) is 9.00. The summed E-state index contributed by atoms with van der Waals surface area (Å²) < 4.78 is 46.3. The van der Waals surface area contributed by atoms with Gasteiger partial charge in [-0.15, -0.1) is 0 Å². The van der Waals surface area contributed by atoms with E-state index in [1.807, 2.05) is 0 Å². The number of methoxy groups -OCH3 is 2. The summed E-state index contributed by atoms with van der Waals surface area (Å²) in [5.41, 5.74) is 4.06. The summed E-state index contributed by atoms with van der Waals surface area (Å²) in [6.07, 6.45) is 0. The van der Waals surface area contributed by atoms with Gasteiger partial charge in [-0.2, -0.15) is 8.78 Å². The van der Waals surface area contributed by atoms with Gasteiger partial charge < -0.3 is 30.4 Å². The Kier molecular flexibility index (Phi) is 8.12. The van der Waals surface area contributed by atoms with Gasteiger partial charge in [0, 0.05) is 29.8 Å². The Morgan fingerprint density at radius 2 is 1.81 bits per heavy atom. The highest BCUT2D eigenvalue weighted by molar-refractivity contribution is 6.32. The van der Waals surface area contributed by atoms with Gasteiger partial charge in [-0.25, -0.2) is 9.97 Å². The SMILES string of the molecule is COCCOc1cc2c(N[C@H](C)c3cc(N)cc(C(F)(F)C(C)(C)O)c3Cl)nc(C)nc2cc1OC. The minimum absolute atomic E-state index is 0.0873. The van der Waals surface area contributed by atoms with Crippen molar-refractivity contribution in [3.05, 3.63) is 46.2 Å². The van der Waals surface area contributed by atoms with Gasteiger partial charge in [0.05, 0.1) is 30.3 Å². The Morgan fingerprint density at radius 1 is 1.11 bits per heavy atom. The van der Waals surface area contributed by atoms with Gasteiger partial charge in [0.25, 0.3) is 0 Å². The maximum Gasteiger partial charge on any atom is 0.302 e. The average Bonchev–Trinajstić information content (AvgIpc) is 2.79. The fraction of sp³-hybridized carbons (Fsp3) is 0.440. The molecular formula is C25H31ClF2N4O4. The predicted octanol–water partition coefficient (Wildman–Crippen LogP) is 5.24. The largest absolute Gasteiger partial charge is 0.493 e. The van der Waals surface area contributed by atoms with Crippen LogP contribution in [0.1, 0.15) is 43.8 Å². The summed E-state index contributed by atoms with van der Waals surface area (Å²) >= 11 is 6.45. The van der Waals surface area contributed by atoms with Crippen molar-refractivity contribution in [3.63, 3.8) is 0 Å². The van der Waals surface area contributed by atoms with Gasteiger partial charge in [-0.1, -0.05) is 11.6 Å². The third kappa shape index (κ3) is 5.55. The number of aromatic nitrogens is 2. The minimum Gasteiger partial charge on any atom is -0.493 e. The number of halogens is 3. The number of alkyl halides is 2. The van der Waals surface area contributed by atoms with Crippen LogP contribution in [0.5, 0.6) is 11.5 Å². The molecule has 0 unspecified atom stereocenters. The molecule has 8 nitrogen and oxygen atoms in total.